The molecule has 19 heavy (non-hydrogen) atoms. The van der Waals surface area contributed by atoms with Crippen molar-refractivity contribution in [2.45, 2.75) is 23.8 Å². The fourth-order valence-electron chi connectivity index (χ4n) is 1.98. The molecule has 0 aliphatic heterocycles. The van der Waals surface area contributed by atoms with Crippen LogP contribution in [0.2, 0.25) is 0 Å². The molecule has 7 heteroatoms. The lowest BCUT2D eigenvalue weighted by atomic mass is 10.3. The SMILES string of the molecule is O=S(=O)(NCCNC1CC1)c1c[nH]c2ncccc12. The van der Waals surface area contributed by atoms with Crippen LogP contribution in [0.3, 0.4) is 0 Å². The van der Waals surface area contributed by atoms with Gasteiger partial charge in [0, 0.05) is 36.9 Å². The van der Waals surface area contributed by atoms with Gasteiger partial charge in [0.2, 0.25) is 10.0 Å². The summed E-state index contributed by atoms with van der Waals surface area (Å²) < 4.78 is 27.0. The largest absolute Gasteiger partial charge is 0.345 e. The molecule has 0 amide bonds. The molecule has 0 spiro atoms. The Hall–Kier alpha value is -1.44. The summed E-state index contributed by atoms with van der Waals surface area (Å²) in [7, 11) is -3.48. The van der Waals surface area contributed by atoms with Gasteiger partial charge >= 0.3 is 0 Å². The van der Waals surface area contributed by atoms with Gasteiger partial charge in [-0.2, -0.15) is 0 Å². The maximum absolute atomic E-state index is 12.2. The fraction of sp³-hybridized carbons (Fsp3) is 0.417. The summed E-state index contributed by atoms with van der Waals surface area (Å²) >= 11 is 0. The summed E-state index contributed by atoms with van der Waals surface area (Å²) in [6.07, 6.45) is 5.50. The lowest BCUT2D eigenvalue weighted by Gasteiger charge is -2.06. The number of pyridine rings is 1. The Kier molecular flexibility index (Phi) is 3.26. The topological polar surface area (TPSA) is 86.9 Å². The molecule has 1 saturated carbocycles. The van der Waals surface area contributed by atoms with E-state index in [2.05, 4.69) is 20.0 Å². The van der Waals surface area contributed by atoms with Gasteiger partial charge in [0.15, 0.2) is 0 Å². The number of hydrogen-bond donors (Lipinski definition) is 3. The van der Waals surface area contributed by atoms with Gasteiger partial charge in [-0.25, -0.2) is 18.1 Å². The van der Waals surface area contributed by atoms with Crippen molar-refractivity contribution in [2.24, 2.45) is 0 Å². The van der Waals surface area contributed by atoms with E-state index >= 15 is 0 Å². The zero-order chi connectivity index (χ0) is 13.3. The molecule has 1 aliphatic carbocycles. The molecule has 0 radical (unpaired) electrons. The van der Waals surface area contributed by atoms with Crippen LogP contribution in [0.5, 0.6) is 0 Å². The summed E-state index contributed by atoms with van der Waals surface area (Å²) in [4.78, 5) is 7.20. The molecule has 2 aromatic heterocycles. The molecule has 0 bridgehead atoms. The highest BCUT2D eigenvalue weighted by atomic mass is 32.2. The molecule has 0 saturated heterocycles. The number of nitrogens with one attached hydrogen (secondary N) is 3. The van der Waals surface area contributed by atoms with Crippen molar-refractivity contribution in [1.29, 1.82) is 0 Å². The lowest BCUT2D eigenvalue weighted by Crippen LogP contribution is -2.32. The molecule has 2 heterocycles. The van der Waals surface area contributed by atoms with Crippen LogP contribution in [0.25, 0.3) is 11.0 Å². The van der Waals surface area contributed by atoms with Crippen molar-refractivity contribution in [3.05, 3.63) is 24.5 Å². The van der Waals surface area contributed by atoms with E-state index < -0.39 is 10.0 Å². The predicted molar refractivity (Wildman–Crippen MR) is 72.3 cm³/mol. The maximum atomic E-state index is 12.2. The van der Waals surface area contributed by atoms with Gasteiger partial charge < -0.3 is 10.3 Å². The van der Waals surface area contributed by atoms with E-state index in [1.54, 1.807) is 18.3 Å². The number of nitrogens with zero attached hydrogens (tertiary/aromatic N) is 1. The standard InChI is InChI=1S/C12H16N4O2S/c17-19(18,16-7-6-13-9-3-4-9)11-8-15-12-10(11)2-1-5-14-12/h1-2,5,8-9,13,16H,3-4,6-7H2,(H,14,15). The van der Waals surface area contributed by atoms with E-state index in [1.165, 1.54) is 19.0 Å². The fourth-order valence-corrected chi connectivity index (χ4v) is 3.17. The van der Waals surface area contributed by atoms with E-state index in [-0.39, 0.29) is 4.90 Å². The van der Waals surface area contributed by atoms with Crippen LogP contribution in [-0.2, 0) is 10.0 Å². The van der Waals surface area contributed by atoms with Crippen LogP contribution < -0.4 is 10.0 Å². The van der Waals surface area contributed by atoms with Crippen LogP contribution >= 0.6 is 0 Å². The normalized spacial score (nSPS) is 16.0. The minimum atomic E-state index is -3.48. The zero-order valence-corrected chi connectivity index (χ0v) is 11.2. The van der Waals surface area contributed by atoms with Crippen molar-refractivity contribution >= 4 is 21.1 Å². The van der Waals surface area contributed by atoms with Gasteiger partial charge in [0.05, 0.1) is 0 Å². The average Bonchev–Trinajstić information content (AvgIpc) is 3.11. The lowest BCUT2D eigenvalue weighted by molar-refractivity contribution is 0.576. The van der Waals surface area contributed by atoms with E-state index in [1.807, 2.05) is 0 Å². The van der Waals surface area contributed by atoms with Crippen LogP contribution in [0, 0.1) is 0 Å². The van der Waals surface area contributed by atoms with Crippen molar-refractivity contribution < 1.29 is 8.42 Å². The molecule has 0 unspecified atom stereocenters. The van der Waals surface area contributed by atoms with Crippen molar-refractivity contribution in [3.8, 4) is 0 Å². The van der Waals surface area contributed by atoms with Gasteiger partial charge in [-0.1, -0.05) is 0 Å². The van der Waals surface area contributed by atoms with Gasteiger partial charge in [-0.05, 0) is 25.0 Å². The van der Waals surface area contributed by atoms with Crippen LogP contribution in [0.4, 0.5) is 0 Å². The van der Waals surface area contributed by atoms with Gasteiger partial charge in [-0.3, -0.25) is 0 Å². The summed E-state index contributed by atoms with van der Waals surface area (Å²) in [5, 5.41) is 3.88. The van der Waals surface area contributed by atoms with Crippen molar-refractivity contribution in [3.63, 3.8) is 0 Å². The zero-order valence-electron chi connectivity index (χ0n) is 10.4. The van der Waals surface area contributed by atoms with Crippen molar-refractivity contribution in [1.82, 2.24) is 20.0 Å². The van der Waals surface area contributed by atoms with E-state index in [9.17, 15) is 8.42 Å². The second kappa shape index (κ2) is 4.92. The number of fused-ring (bicyclic) bond motifs is 1. The van der Waals surface area contributed by atoms with E-state index in [0.717, 1.165) is 0 Å². The molecule has 0 atom stereocenters. The van der Waals surface area contributed by atoms with E-state index in [4.69, 9.17) is 0 Å². The Balaban J connectivity index is 1.71. The number of sulfonamides is 1. The predicted octanol–water partition coefficient (Wildman–Crippen LogP) is 0.593. The molecule has 0 aromatic carbocycles. The van der Waals surface area contributed by atoms with Crippen molar-refractivity contribution in [2.75, 3.05) is 13.1 Å². The summed E-state index contributed by atoms with van der Waals surface area (Å²) in [5.74, 6) is 0. The highest BCUT2D eigenvalue weighted by Gasteiger charge is 2.21. The average molecular weight is 280 g/mol. The Labute approximate surface area is 111 Å². The van der Waals surface area contributed by atoms with Gasteiger partial charge in [-0.15, -0.1) is 0 Å². The summed E-state index contributed by atoms with van der Waals surface area (Å²) in [6, 6.07) is 4.06. The smallest absolute Gasteiger partial charge is 0.242 e. The molecule has 1 fully saturated rings. The number of rotatable bonds is 6. The second-order valence-corrected chi connectivity index (χ2v) is 6.41. The summed E-state index contributed by atoms with van der Waals surface area (Å²) in [5.41, 5.74) is 0.582. The Morgan fingerprint density at radius 1 is 1.37 bits per heavy atom. The molecule has 6 nitrogen and oxygen atoms in total. The molecule has 1 aliphatic rings. The van der Waals surface area contributed by atoms with Crippen LogP contribution in [-0.4, -0.2) is 37.5 Å². The number of H-pyrrole nitrogens is 1. The molecule has 3 N–H and O–H groups in total. The van der Waals surface area contributed by atoms with Gasteiger partial charge in [0.25, 0.3) is 0 Å². The minimum absolute atomic E-state index is 0.252. The quantitative estimate of drug-likeness (QED) is 0.676. The first-order valence-electron chi connectivity index (χ1n) is 6.32. The van der Waals surface area contributed by atoms with Crippen LogP contribution in [0.1, 0.15) is 12.8 Å². The molecular weight excluding hydrogens is 264 g/mol. The third kappa shape index (κ3) is 2.78. The molecule has 2 aromatic rings. The number of aromatic amines is 1. The molecular formula is C12H16N4O2S. The highest BCUT2D eigenvalue weighted by Crippen LogP contribution is 2.20. The third-order valence-electron chi connectivity index (χ3n) is 3.13. The summed E-state index contributed by atoms with van der Waals surface area (Å²) in [6.45, 7) is 1.05. The Morgan fingerprint density at radius 2 is 2.21 bits per heavy atom. The minimum Gasteiger partial charge on any atom is -0.345 e. The first-order chi connectivity index (χ1) is 9.17. The second-order valence-electron chi connectivity index (χ2n) is 4.68. The van der Waals surface area contributed by atoms with Gasteiger partial charge in [0.1, 0.15) is 10.5 Å². The first kappa shape index (κ1) is 12.6. The number of hydrogen-bond acceptors (Lipinski definition) is 4. The maximum Gasteiger partial charge on any atom is 0.242 e. The Bertz CT molecular complexity index is 676. The highest BCUT2D eigenvalue weighted by molar-refractivity contribution is 7.89. The molecule has 3 rings (SSSR count). The monoisotopic (exact) mass is 280 g/mol. The number of aromatic nitrogens is 2. The third-order valence-corrected chi connectivity index (χ3v) is 4.63. The Morgan fingerprint density at radius 3 is 3.00 bits per heavy atom. The molecule has 102 valence electrons. The van der Waals surface area contributed by atoms with E-state index in [0.29, 0.717) is 30.2 Å². The first-order valence-corrected chi connectivity index (χ1v) is 7.80. The van der Waals surface area contributed by atoms with Crippen LogP contribution in [0.15, 0.2) is 29.4 Å².